The average Bonchev–Trinajstić information content (AvgIpc) is 3.94. The summed E-state index contributed by atoms with van der Waals surface area (Å²) in [4.78, 5) is 0. The third-order valence-electron chi connectivity index (χ3n) is 12.3. The highest BCUT2D eigenvalue weighted by Crippen LogP contribution is 2.45. The quantitative estimate of drug-likeness (QED) is 0.160. The Kier molecular flexibility index (Phi) is 6.35. The molecule has 0 fully saturated rings. The molecule has 0 radical (unpaired) electrons. The SMILES string of the molecule is c1ccc2c(c1)c1ccccc1c1cc(-c3ccc(-n4c5ccccc5c5c6sc7ccc(-n8c9ccccc9c9ccccc98)cc7c6ccc54)cc3)ccc21. The first-order valence-corrected chi connectivity index (χ1v) is 20.4. The van der Waals surface area contributed by atoms with Gasteiger partial charge in [0.1, 0.15) is 0 Å². The van der Waals surface area contributed by atoms with E-state index in [9.17, 15) is 0 Å². The first kappa shape index (κ1) is 31.1. The van der Waals surface area contributed by atoms with Crippen LogP contribution >= 0.6 is 11.3 Å². The molecular weight excluding hydrogens is 709 g/mol. The number of para-hydroxylation sites is 3. The lowest BCUT2D eigenvalue weighted by Gasteiger charge is -2.13. The van der Waals surface area contributed by atoms with Gasteiger partial charge in [-0.3, -0.25) is 0 Å². The van der Waals surface area contributed by atoms with Crippen LogP contribution in [0.4, 0.5) is 0 Å². The van der Waals surface area contributed by atoms with Gasteiger partial charge in [0, 0.05) is 53.1 Å². The molecule has 0 saturated heterocycles. The number of rotatable bonds is 3. The van der Waals surface area contributed by atoms with Crippen molar-refractivity contribution in [2.75, 3.05) is 0 Å². The van der Waals surface area contributed by atoms with Gasteiger partial charge in [-0.1, -0.05) is 133 Å². The van der Waals surface area contributed by atoms with E-state index in [-0.39, 0.29) is 0 Å². The van der Waals surface area contributed by atoms with Crippen molar-refractivity contribution in [3.8, 4) is 22.5 Å². The Hall–Kier alpha value is -7.20. The Morgan fingerprint density at radius 2 is 0.754 bits per heavy atom. The van der Waals surface area contributed by atoms with E-state index in [1.165, 1.54) is 113 Å². The van der Waals surface area contributed by atoms with Crippen LogP contribution in [0.15, 0.2) is 194 Å². The van der Waals surface area contributed by atoms with Crippen LogP contribution in [0.3, 0.4) is 0 Å². The van der Waals surface area contributed by atoms with Crippen molar-refractivity contribution in [3.63, 3.8) is 0 Å². The van der Waals surface area contributed by atoms with Crippen molar-refractivity contribution in [2.45, 2.75) is 0 Å². The Balaban J connectivity index is 0.962. The Morgan fingerprint density at radius 1 is 0.281 bits per heavy atom. The summed E-state index contributed by atoms with van der Waals surface area (Å²) in [5, 5.41) is 15.6. The van der Waals surface area contributed by atoms with E-state index in [0.717, 1.165) is 5.69 Å². The molecule has 264 valence electrons. The lowest BCUT2D eigenvalue weighted by atomic mass is 9.92. The molecule has 0 amide bonds. The normalized spacial score (nSPS) is 12.2. The molecule has 0 aliphatic rings. The number of thiophene rings is 1. The van der Waals surface area contributed by atoms with Crippen LogP contribution in [0.25, 0.3) is 119 Å². The molecule has 13 aromatic rings. The number of hydrogen-bond acceptors (Lipinski definition) is 1. The maximum atomic E-state index is 2.45. The number of benzene rings is 10. The number of fused-ring (bicyclic) bond motifs is 16. The third kappa shape index (κ3) is 4.35. The Labute approximate surface area is 331 Å². The summed E-state index contributed by atoms with van der Waals surface area (Å²) in [6.07, 6.45) is 0. The fourth-order valence-corrected chi connectivity index (χ4v) is 11.0. The largest absolute Gasteiger partial charge is 0.309 e. The van der Waals surface area contributed by atoms with Crippen LogP contribution in [0.1, 0.15) is 0 Å². The molecule has 3 heterocycles. The molecule has 0 N–H and O–H groups in total. The van der Waals surface area contributed by atoms with E-state index >= 15 is 0 Å². The van der Waals surface area contributed by atoms with E-state index in [1.54, 1.807) is 0 Å². The molecular formula is C54H32N2S. The highest BCUT2D eigenvalue weighted by molar-refractivity contribution is 7.26. The van der Waals surface area contributed by atoms with Gasteiger partial charge in [-0.05, 0) is 104 Å². The standard InChI is InChI=1S/C54H32N2S/c1-2-13-39-37(11-1)38-12-3-4-14-40(38)46-31-34(23-27-41(39)46)33-21-24-35(25-22-33)55-50-20-10-7-17-45(50)53-51(55)29-28-44-47-32-36(26-30-52(47)57-54(44)53)56-48-18-8-5-15-42(48)43-16-6-9-19-49(43)56/h1-32H. The minimum absolute atomic E-state index is 1.16. The summed E-state index contributed by atoms with van der Waals surface area (Å²) in [7, 11) is 0. The molecule has 0 saturated carbocycles. The topological polar surface area (TPSA) is 9.86 Å². The predicted octanol–water partition coefficient (Wildman–Crippen LogP) is 15.4. The van der Waals surface area contributed by atoms with Gasteiger partial charge < -0.3 is 9.13 Å². The second kappa shape index (κ2) is 11.7. The second-order valence-corrected chi connectivity index (χ2v) is 16.3. The first-order valence-electron chi connectivity index (χ1n) is 19.6. The van der Waals surface area contributed by atoms with Gasteiger partial charge in [0.05, 0.1) is 22.1 Å². The van der Waals surface area contributed by atoms with E-state index in [4.69, 9.17) is 0 Å². The molecule has 3 aromatic heterocycles. The Morgan fingerprint density at radius 3 is 1.40 bits per heavy atom. The summed E-state index contributed by atoms with van der Waals surface area (Å²) >= 11 is 1.91. The number of nitrogens with zero attached hydrogens (tertiary/aromatic N) is 2. The average molecular weight is 741 g/mol. The molecule has 0 aliphatic heterocycles. The first-order chi connectivity index (χ1) is 28.3. The van der Waals surface area contributed by atoms with Gasteiger partial charge in [-0.25, -0.2) is 0 Å². The zero-order valence-electron chi connectivity index (χ0n) is 30.8. The van der Waals surface area contributed by atoms with Crippen LogP contribution < -0.4 is 0 Å². The van der Waals surface area contributed by atoms with E-state index in [0.29, 0.717) is 0 Å². The maximum Gasteiger partial charge on any atom is 0.0555 e. The minimum Gasteiger partial charge on any atom is -0.309 e. The zero-order chi connectivity index (χ0) is 37.2. The van der Waals surface area contributed by atoms with Gasteiger partial charge in [-0.15, -0.1) is 11.3 Å². The Bertz CT molecular complexity index is 3710. The van der Waals surface area contributed by atoms with Crippen molar-refractivity contribution in [1.82, 2.24) is 9.13 Å². The molecule has 57 heavy (non-hydrogen) atoms. The fraction of sp³-hybridized carbons (Fsp3) is 0. The lowest BCUT2D eigenvalue weighted by molar-refractivity contribution is 1.18. The third-order valence-corrected chi connectivity index (χ3v) is 13.5. The van der Waals surface area contributed by atoms with Crippen molar-refractivity contribution in [3.05, 3.63) is 194 Å². The lowest BCUT2D eigenvalue weighted by Crippen LogP contribution is -1.93. The monoisotopic (exact) mass is 740 g/mol. The molecule has 0 spiro atoms. The summed E-state index contributed by atoms with van der Waals surface area (Å²) in [5.41, 5.74) is 9.71. The summed E-state index contributed by atoms with van der Waals surface area (Å²) in [6.45, 7) is 0. The van der Waals surface area contributed by atoms with Gasteiger partial charge >= 0.3 is 0 Å². The molecule has 0 aliphatic carbocycles. The summed E-state index contributed by atoms with van der Waals surface area (Å²) in [6, 6.07) is 71.8. The minimum atomic E-state index is 1.16. The van der Waals surface area contributed by atoms with E-state index < -0.39 is 0 Å². The summed E-state index contributed by atoms with van der Waals surface area (Å²) < 4.78 is 7.51. The van der Waals surface area contributed by atoms with Gasteiger partial charge in [0.25, 0.3) is 0 Å². The van der Waals surface area contributed by atoms with Gasteiger partial charge in [-0.2, -0.15) is 0 Å². The molecule has 0 bridgehead atoms. The van der Waals surface area contributed by atoms with Crippen molar-refractivity contribution in [2.24, 2.45) is 0 Å². The van der Waals surface area contributed by atoms with Crippen molar-refractivity contribution >= 4 is 107 Å². The van der Waals surface area contributed by atoms with Crippen molar-refractivity contribution < 1.29 is 0 Å². The molecule has 10 aromatic carbocycles. The zero-order valence-corrected chi connectivity index (χ0v) is 31.6. The number of aromatic nitrogens is 2. The molecule has 3 heteroatoms. The highest BCUT2D eigenvalue weighted by atomic mass is 32.1. The highest BCUT2D eigenvalue weighted by Gasteiger charge is 2.19. The smallest absolute Gasteiger partial charge is 0.0555 e. The van der Waals surface area contributed by atoms with Crippen LogP contribution in [0, 0.1) is 0 Å². The fourth-order valence-electron chi connectivity index (χ4n) is 9.78. The molecule has 0 unspecified atom stereocenters. The predicted molar refractivity (Wildman–Crippen MR) is 246 cm³/mol. The second-order valence-electron chi connectivity index (χ2n) is 15.2. The van der Waals surface area contributed by atoms with E-state index in [1.807, 2.05) is 11.3 Å². The van der Waals surface area contributed by atoms with Crippen LogP contribution in [-0.4, -0.2) is 9.13 Å². The van der Waals surface area contributed by atoms with Crippen LogP contribution in [0.2, 0.25) is 0 Å². The van der Waals surface area contributed by atoms with Crippen LogP contribution in [-0.2, 0) is 0 Å². The van der Waals surface area contributed by atoms with E-state index in [2.05, 4.69) is 203 Å². The molecule has 0 atom stereocenters. The van der Waals surface area contributed by atoms with Crippen molar-refractivity contribution in [1.29, 1.82) is 0 Å². The van der Waals surface area contributed by atoms with Gasteiger partial charge in [0.2, 0.25) is 0 Å². The molecule has 2 nitrogen and oxygen atoms in total. The molecule has 13 rings (SSSR count). The number of hydrogen-bond donors (Lipinski definition) is 0. The van der Waals surface area contributed by atoms with Gasteiger partial charge in [0.15, 0.2) is 0 Å². The maximum absolute atomic E-state index is 2.45. The van der Waals surface area contributed by atoms with Crippen LogP contribution in [0.5, 0.6) is 0 Å². The summed E-state index contributed by atoms with van der Waals surface area (Å²) in [5.74, 6) is 0.